The average molecular weight is 462 g/mol. The number of piperidine rings is 1. The van der Waals surface area contributed by atoms with E-state index in [-0.39, 0.29) is 26.3 Å². The second-order valence-corrected chi connectivity index (χ2v) is 9.73. The van der Waals surface area contributed by atoms with Gasteiger partial charge in [-0.05, 0) is 36.4 Å². The van der Waals surface area contributed by atoms with Gasteiger partial charge in [-0.25, -0.2) is 13.2 Å². The van der Waals surface area contributed by atoms with Crippen LogP contribution in [0.1, 0.15) is 34.5 Å². The molecule has 0 amide bonds. The zero-order valence-electron chi connectivity index (χ0n) is 14.6. The first kappa shape index (κ1) is 21.1. The second kappa shape index (κ2) is 8.79. The molecule has 0 spiro atoms. The lowest BCUT2D eigenvalue weighted by Gasteiger charge is -2.26. The van der Waals surface area contributed by atoms with E-state index in [1.165, 1.54) is 21.7 Å². The van der Waals surface area contributed by atoms with E-state index in [1.807, 2.05) is 0 Å². The van der Waals surface area contributed by atoms with Crippen molar-refractivity contribution in [3.8, 4) is 0 Å². The molecule has 0 unspecified atom stereocenters. The molecule has 1 aromatic carbocycles. The van der Waals surface area contributed by atoms with Crippen molar-refractivity contribution < 1.29 is 18.0 Å². The van der Waals surface area contributed by atoms with Crippen molar-refractivity contribution in [2.45, 2.75) is 24.2 Å². The van der Waals surface area contributed by atoms with Crippen LogP contribution in [0.5, 0.6) is 0 Å². The maximum Gasteiger partial charge on any atom is 0.367 e. The number of thiophene rings is 1. The average Bonchev–Trinajstić information content (AvgIpc) is 3.21. The summed E-state index contributed by atoms with van der Waals surface area (Å²) in [7, 11) is -3.86. The van der Waals surface area contributed by atoms with E-state index >= 15 is 0 Å². The van der Waals surface area contributed by atoms with Gasteiger partial charge in [0.05, 0.1) is 20.5 Å². The Morgan fingerprint density at radius 1 is 1.18 bits per heavy atom. The monoisotopic (exact) mass is 461 g/mol. The second-order valence-electron chi connectivity index (χ2n) is 6.06. The van der Waals surface area contributed by atoms with Crippen molar-refractivity contribution in [1.82, 2.24) is 4.31 Å². The molecule has 150 valence electrons. The molecule has 11 heteroatoms. The van der Waals surface area contributed by atoms with Crippen LogP contribution in [-0.4, -0.2) is 37.6 Å². The summed E-state index contributed by atoms with van der Waals surface area (Å²) < 4.78 is 27.2. The van der Waals surface area contributed by atoms with Crippen molar-refractivity contribution in [2.75, 3.05) is 13.1 Å². The van der Waals surface area contributed by atoms with E-state index in [4.69, 9.17) is 33.8 Å². The lowest BCUT2D eigenvalue weighted by molar-refractivity contribution is 0.0516. The molecule has 0 radical (unpaired) electrons. The fourth-order valence-electron chi connectivity index (χ4n) is 2.74. The van der Waals surface area contributed by atoms with Crippen LogP contribution in [0.25, 0.3) is 0 Å². The van der Waals surface area contributed by atoms with Crippen LogP contribution in [-0.2, 0) is 14.9 Å². The van der Waals surface area contributed by atoms with E-state index in [1.54, 1.807) is 17.5 Å². The highest BCUT2D eigenvalue weighted by atomic mass is 35.5. The SMILES string of the molecule is N/C(=N\OC(=O)c1cc(S(=O)(=O)N2CCCCC2)c(Cl)cc1Cl)c1cccs1. The van der Waals surface area contributed by atoms with Crippen molar-refractivity contribution >= 4 is 56.4 Å². The molecule has 0 saturated carbocycles. The molecule has 1 fully saturated rings. The molecule has 2 aromatic rings. The maximum atomic E-state index is 12.9. The molecule has 0 bridgehead atoms. The third-order valence-corrected chi connectivity index (χ3v) is 7.74. The third kappa shape index (κ3) is 4.49. The van der Waals surface area contributed by atoms with Crippen LogP contribution >= 0.6 is 34.5 Å². The van der Waals surface area contributed by atoms with Gasteiger partial charge in [0.25, 0.3) is 0 Å². The number of rotatable bonds is 5. The predicted molar refractivity (Wildman–Crippen MR) is 110 cm³/mol. The van der Waals surface area contributed by atoms with Gasteiger partial charge in [0.1, 0.15) is 4.90 Å². The molecular formula is C17H17Cl2N3O4S2. The number of hydrogen-bond donors (Lipinski definition) is 1. The van der Waals surface area contributed by atoms with Gasteiger partial charge in [-0.1, -0.05) is 40.8 Å². The number of oxime groups is 1. The number of amidine groups is 1. The summed E-state index contributed by atoms with van der Waals surface area (Å²) in [6.07, 6.45) is 2.52. The minimum absolute atomic E-state index is 0.0228. The van der Waals surface area contributed by atoms with Gasteiger partial charge in [0.2, 0.25) is 10.0 Å². The Balaban J connectivity index is 1.88. The summed E-state index contributed by atoms with van der Waals surface area (Å²) in [6.45, 7) is 0.811. The number of nitrogens with two attached hydrogens (primary N) is 1. The van der Waals surface area contributed by atoms with E-state index < -0.39 is 16.0 Å². The van der Waals surface area contributed by atoms with Gasteiger partial charge in [0, 0.05) is 13.1 Å². The van der Waals surface area contributed by atoms with E-state index in [0.717, 1.165) is 25.3 Å². The van der Waals surface area contributed by atoms with Gasteiger partial charge < -0.3 is 10.6 Å². The smallest absolute Gasteiger partial charge is 0.367 e. The van der Waals surface area contributed by atoms with Crippen LogP contribution in [0.3, 0.4) is 0 Å². The fraction of sp³-hybridized carbons (Fsp3) is 0.294. The number of nitrogens with zero attached hydrogens (tertiary/aromatic N) is 2. The summed E-state index contributed by atoms with van der Waals surface area (Å²) >= 11 is 13.5. The lowest BCUT2D eigenvalue weighted by Crippen LogP contribution is -2.35. The van der Waals surface area contributed by atoms with Gasteiger partial charge in [-0.15, -0.1) is 11.3 Å². The van der Waals surface area contributed by atoms with Crippen LogP contribution in [0.4, 0.5) is 0 Å². The van der Waals surface area contributed by atoms with Crippen LogP contribution in [0.2, 0.25) is 10.0 Å². The van der Waals surface area contributed by atoms with Crippen molar-refractivity contribution in [2.24, 2.45) is 10.9 Å². The molecule has 1 saturated heterocycles. The van der Waals surface area contributed by atoms with Gasteiger partial charge in [-0.2, -0.15) is 4.31 Å². The number of hydrogen-bond acceptors (Lipinski definition) is 6. The van der Waals surface area contributed by atoms with E-state index in [9.17, 15) is 13.2 Å². The summed E-state index contributed by atoms with van der Waals surface area (Å²) in [4.78, 5) is 17.7. The fourth-order valence-corrected chi connectivity index (χ4v) is 5.70. The number of carbonyl (C=O) groups is 1. The van der Waals surface area contributed by atoms with Crippen LogP contribution < -0.4 is 5.73 Å². The Morgan fingerprint density at radius 2 is 1.89 bits per heavy atom. The first-order chi connectivity index (χ1) is 13.3. The lowest BCUT2D eigenvalue weighted by atomic mass is 10.2. The summed E-state index contributed by atoms with van der Waals surface area (Å²) in [6, 6.07) is 5.82. The molecule has 1 aliphatic heterocycles. The Hall–Kier alpha value is -1.65. The van der Waals surface area contributed by atoms with Crippen molar-refractivity contribution in [3.63, 3.8) is 0 Å². The van der Waals surface area contributed by atoms with Crippen LogP contribution in [0, 0.1) is 0 Å². The van der Waals surface area contributed by atoms with Gasteiger partial charge in [0.15, 0.2) is 5.84 Å². The molecule has 0 aliphatic carbocycles. The third-order valence-electron chi connectivity index (χ3n) is 4.17. The molecule has 2 N–H and O–H groups in total. The highest BCUT2D eigenvalue weighted by Gasteiger charge is 2.30. The standard InChI is InChI=1S/C17H17Cl2N3O4S2/c18-12-10-13(19)15(28(24,25)22-6-2-1-3-7-22)9-11(12)17(23)26-21-16(20)14-5-4-8-27-14/h4-5,8-10H,1-3,6-7H2,(H2,20,21). The van der Waals surface area contributed by atoms with Crippen LogP contribution in [0.15, 0.2) is 39.7 Å². The van der Waals surface area contributed by atoms with E-state index in [0.29, 0.717) is 18.0 Å². The van der Waals surface area contributed by atoms with E-state index in [2.05, 4.69) is 5.16 Å². The number of sulfonamides is 1. The summed E-state index contributed by atoms with van der Waals surface area (Å²) in [5.74, 6) is -0.911. The minimum Gasteiger partial charge on any atom is -0.380 e. The summed E-state index contributed by atoms with van der Waals surface area (Å²) in [5.41, 5.74) is 5.59. The van der Waals surface area contributed by atoms with Crippen molar-refractivity contribution in [3.05, 3.63) is 50.1 Å². The molecular weight excluding hydrogens is 445 g/mol. The topological polar surface area (TPSA) is 102 Å². The molecule has 28 heavy (non-hydrogen) atoms. The number of halogens is 2. The number of carbonyl (C=O) groups excluding carboxylic acids is 1. The molecule has 2 heterocycles. The predicted octanol–water partition coefficient (Wildman–Crippen LogP) is 3.71. The molecule has 7 nitrogen and oxygen atoms in total. The Labute approximate surface area is 176 Å². The minimum atomic E-state index is -3.86. The molecule has 0 atom stereocenters. The number of benzene rings is 1. The highest BCUT2D eigenvalue weighted by Crippen LogP contribution is 2.32. The molecule has 1 aromatic heterocycles. The first-order valence-electron chi connectivity index (χ1n) is 8.38. The Kier molecular flexibility index (Phi) is 6.61. The summed E-state index contributed by atoms with van der Waals surface area (Å²) in [5, 5.41) is 5.29. The Morgan fingerprint density at radius 3 is 2.54 bits per heavy atom. The van der Waals surface area contributed by atoms with Gasteiger partial charge >= 0.3 is 5.97 Å². The largest absolute Gasteiger partial charge is 0.380 e. The Bertz CT molecular complexity index is 1000. The maximum absolute atomic E-state index is 12.9. The quantitative estimate of drug-likeness (QED) is 0.316. The highest BCUT2D eigenvalue weighted by molar-refractivity contribution is 7.89. The molecule has 3 rings (SSSR count). The van der Waals surface area contributed by atoms with Crippen molar-refractivity contribution in [1.29, 1.82) is 0 Å². The molecule has 1 aliphatic rings. The zero-order valence-corrected chi connectivity index (χ0v) is 17.7. The zero-order chi connectivity index (χ0) is 20.3. The normalized spacial score (nSPS) is 16.1. The first-order valence-corrected chi connectivity index (χ1v) is 11.5. The van der Waals surface area contributed by atoms with Gasteiger partial charge in [-0.3, -0.25) is 0 Å².